The lowest BCUT2D eigenvalue weighted by atomic mass is 9.86. The number of hydrogen-bond acceptors (Lipinski definition) is 6. The summed E-state index contributed by atoms with van der Waals surface area (Å²) in [5.41, 5.74) is 3.66. The number of rotatable bonds is 17. The Bertz CT molecular complexity index is 1550. The van der Waals surface area contributed by atoms with E-state index in [0.717, 1.165) is 22.3 Å². The first-order valence-corrected chi connectivity index (χ1v) is 16.3. The average molecular weight is 650 g/mol. The van der Waals surface area contributed by atoms with E-state index in [4.69, 9.17) is 18.9 Å². The van der Waals surface area contributed by atoms with Gasteiger partial charge in [-0.15, -0.1) is 6.58 Å². The van der Waals surface area contributed by atoms with Crippen LogP contribution < -0.4 is 0 Å². The van der Waals surface area contributed by atoms with Gasteiger partial charge in [-0.1, -0.05) is 127 Å². The van der Waals surface area contributed by atoms with Gasteiger partial charge in [0.05, 0.1) is 39.1 Å². The van der Waals surface area contributed by atoms with Crippen molar-refractivity contribution < 1.29 is 33.6 Å². The van der Waals surface area contributed by atoms with Crippen LogP contribution in [0.4, 0.5) is 0 Å². The number of ether oxygens (including phenoxy) is 4. The maximum atomic E-state index is 14.0. The molecule has 0 spiro atoms. The first-order chi connectivity index (χ1) is 23.5. The monoisotopic (exact) mass is 649 g/mol. The van der Waals surface area contributed by atoms with Crippen LogP contribution in [-0.2, 0) is 55.0 Å². The summed E-state index contributed by atoms with van der Waals surface area (Å²) in [7, 11) is 0. The molecule has 0 aromatic heterocycles. The largest absolute Gasteiger partial charge is 0.480 e. The number of aliphatic carboxylic acids is 1. The van der Waals surface area contributed by atoms with Gasteiger partial charge in [-0.25, -0.2) is 4.79 Å². The summed E-state index contributed by atoms with van der Waals surface area (Å²) >= 11 is 0. The van der Waals surface area contributed by atoms with Gasteiger partial charge < -0.3 is 29.0 Å². The smallest absolute Gasteiger partial charge is 0.329 e. The lowest BCUT2D eigenvalue weighted by molar-refractivity contribution is -0.231. The minimum atomic E-state index is -1.37. The molecule has 1 fully saturated rings. The molecule has 0 bridgehead atoms. The molecule has 1 amide bonds. The van der Waals surface area contributed by atoms with Crippen molar-refractivity contribution in [2.75, 3.05) is 6.61 Å². The first kappa shape index (κ1) is 34.7. The Balaban J connectivity index is 1.55. The van der Waals surface area contributed by atoms with Crippen molar-refractivity contribution >= 4 is 11.9 Å². The van der Waals surface area contributed by atoms with Gasteiger partial charge in [-0.3, -0.25) is 4.79 Å². The lowest BCUT2D eigenvalue weighted by Gasteiger charge is -2.51. The zero-order valence-corrected chi connectivity index (χ0v) is 27.0. The van der Waals surface area contributed by atoms with Crippen molar-refractivity contribution in [1.82, 2.24) is 4.90 Å². The number of piperidine rings is 1. The number of carboxylic acids is 1. The van der Waals surface area contributed by atoms with Crippen molar-refractivity contribution in [2.24, 2.45) is 0 Å². The normalized spacial score (nSPS) is 20.7. The lowest BCUT2D eigenvalue weighted by Crippen LogP contribution is -2.72. The molecule has 1 aliphatic rings. The van der Waals surface area contributed by atoms with Crippen LogP contribution in [0, 0.1) is 0 Å². The van der Waals surface area contributed by atoms with Gasteiger partial charge in [0.15, 0.2) is 6.04 Å². The van der Waals surface area contributed by atoms with Crippen molar-refractivity contribution in [3.05, 3.63) is 156 Å². The first-order valence-electron chi connectivity index (χ1n) is 16.3. The molecule has 1 aliphatic heterocycles. The molecular weight excluding hydrogens is 606 g/mol. The van der Waals surface area contributed by atoms with Crippen LogP contribution in [0.15, 0.2) is 134 Å². The highest BCUT2D eigenvalue weighted by molar-refractivity contribution is 5.85. The second kappa shape index (κ2) is 18.1. The molecule has 1 N–H and O–H groups in total. The number of hydrogen-bond donors (Lipinski definition) is 1. The Kier molecular flexibility index (Phi) is 13.1. The van der Waals surface area contributed by atoms with Gasteiger partial charge in [0.1, 0.15) is 18.3 Å². The third-order valence-corrected chi connectivity index (χ3v) is 8.35. The maximum Gasteiger partial charge on any atom is 0.329 e. The standard InChI is InChI=1S/C40H43NO7/c1-2-3-24-35(42)41-34(29-45-25-30-16-8-4-9-17-30)37(46-26-31-18-10-5-11-19-31)39(48-28-33-22-14-7-15-23-33)38(36(41)40(43)44)47-27-32-20-12-6-13-21-32/h2,4-23,34,36-39H,1,3,24-29H2,(H,43,44)/t34-,36+,37-,38+,39+/m1/s1. The minimum Gasteiger partial charge on any atom is -0.480 e. The van der Waals surface area contributed by atoms with E-state index in [-0.39, 0.29) is 45.4 Å². The molecule has 250 valence electrons. The zero-order valence-electron chi connectivity index (χ0n) is 27.0. The summed E-state index contributed by atoms with van der Waals surface area (Å²) in [5.74, 6) is -1.54. The van der Waals surface area contributed by atoms with E-state index in [2.05, 4.69) is 6.58 Å². The van der Waals surface area contributed by atoms with E-state index in [1.807, 2.05) is 121 Å². The van der Waals surface area contributed by atoms with Gasteiger partial charge in [0.2, 0.25) is 5.91 Å². The fraction of sp³-hybridized carbons (Fsp3) is 0.300. The quantitative estimate of drug-likeness (QED) is 0.129. The van der Waals surface area contributed by atoms with Crippen LogP contribution in [0.5, 0.6) is 0 Å². The van der Waals surface area contributed by atoms with E-state index < -0.39 is 36.4 Å². The Hall–Kier alpha value is -4.60. The molecule has 5 atom stereocenters. The maximum absolute atomic E-state index is 14.0. The van der Waals surface area contributed by atoms with Crippen molar-refractivity contribution in [3.63, 3.8) is 0 Å². The van der Waals surface area contributed by atoms with E-state index >= 15 is 0 Å². The van der Waals surface area contributed by atoms with Gasteiger partial charge in [0.25, 0.3) is 0 Å². The van der Waals surface area contributed by atoms with Gasteiger partial charge in [-0.2, -0.15) is 0 Å². The predicted molar refractivity (Wildman–Crippen MR) is 183 cm³/mol. The highest BCUT2D eigenvalue weighted by atomic mass is 16.6. The molecule has 5 rings (SSSR count). The molecule has 48 heavy (non-hydrogen) atoms. The second-order valence-electron chi connectivity index (χ2n) is 11.8. The summed E-state index contributed by atoms with van der Waals surface area (Å²) in [6, 6.07) is 36.4. The highest BCUT2D eigenvalue weighted by Gasteiger charge is 2.55. The number of carboxylic acid groups (broad SMARTS) is 1. The summed E-state index contributed by atoms with van der Waals surface area (Å²) in [5, 5.41) is 10.8. The van der Waals surface area contributed by atoms with Crippen LogP contribution in [0.25, 0.3) is 0 Å². The molecule has 0 aliphatic carbocycles. The summed E-state index contributed by atoms with van der Waals surface area (Å²) in [4.78, 5) is 28.7. The van der Waals surface area contributed by atoms with Crippen LogP contribution in [0.1, 0.15) is 35.1 Å². The van der Waals surface area contributed by atoms with E-state index in [0.29, 0.717) is 6.42 Å². The van der Waals surface area contributed by atoms with E-state index in [9.17, 15) is 14.7 Å². The molecule has 1 saturated heterocycles. The molecule has 4 aromatic carbocycles. The fourth-order valence-electron chi connectivity index (χ4n) is 5.99. The summed E-state index contributed by atoms with van der Waals surface area (Å²) in [6.45, 7) is 4.60. The zero-order chi connectivity index (χ0) is 33.6. The Morgan fingerprint density at radius 2 is 1.04 bits per heavy atom. The molecule has 4 aromatic rings. The number of benzene rings is 4. The third-order valence-electron chi connectivity index (χ3n) is 8.35. The summed E-state index contributed by atoms with van der Waals surface area (Å²) in [6.07, 6.45) is -0.615. The molecule has 8 heteroatoms. The number of nitrogens with zero attached hydrogens (tertiary/aromatic N) is 1. The van der Waals surface area contributed by atoms with Crippen molar-refractivity contribution in [1.29, 1.82) is 0 Å². The third kappa shape index (κ3) is 9.49. The highest BCUT2D eigenvalue weighted by Crippen LogP contribution is 2.34. The Morgan fingerprint density at radius 3 is 1.48 bits per heavy atom. The Labute approximate surface area is 282 Å². The van der Waals surface area contributed by atoms with Crippen molar-refractivity contribution in [2.45, 2.75) is 69.7 Å². The number of carbonyl (C=O) groups excluding carboxylic acids is 1. The topological polar surface area (TPSA) is 94.5 Å². The van der Waals surface area contributed by atoms with Gasteiger partial charge >= 0.3 is 5.97 Å². The molecule has 0 unspecified atom stereocenters. The van der Waals surface area contributed by atoms with Crippen LogP contribution in [-0.4, -0.2) is 58.9 Å². The number of likely N-dealkylation sites (tertiary alicyclic amines) is 1. The molecule has 8 nitrogen and oxygen atoms in total. The van der Waals surface area contributed by atoms with E-state index in [1.54, 1.807) is 6.08 Å². The Morgan fingerprint density at radius 1 is 0.625 bits per heavy atom. The van der Waals surface area contributed by atoms with Gasteiger partial charge in [-0.05, 0) is 28.7 Å². The number of allylic oxidation sites excluding steroid dienone is 1. The molecule has 0 saturated carbocycles. The second-order valence-corrected chi connectivity index (χ2v) is 11.8. The predicted octanol–water partition coefficient (Wildman–Crippen LogP) is 6.59. The molecule has 1 heterocycles. The number of carbonyl (C=O) groups is 2. The van der Waals surface area contributed by atoms with Crippen LogP contribution in [0.3, 0.4) is 0 Å². The fourth-order valence-corrected chi connectivity index (χ4v) is 5.99. The molecule has 0 radical (unpaired) electrons. The van der Waals surface area contributed by atoms with Crippen LogP contribution >= 0.6 is 0 Å². The number of amides is 1. The van der Waals surface area contributed by atoms with E-state index in [1.165, 1.54) is 4.90 Å². The van der Waals surface area contributed by atoms with Gasteiger partial charge in [0, 0.05) is 6.42 Å². The van der Waals surface area contributed by atoms with Crippen molar-refractivity contribution in [3.8, 4) is 0 Å². The molecular formula is C40H43NO7. The summed E-state index contributed by atoms with van der Waals surface area (Å²) < 4.78 is 26.1. The average Bonchev–Trinajstić information content (AvgIpc) is 3.13. The van der Waals surface area contributed by atoms with Crippen LogP contribution in [0.2, 0.25) is 0 Å². The SMILES string of the molecule is C=CCCC(=O)N1[C@H](COCc2ccccc2)[C@@H](OCc2ccccc2)[C@H](OCc2ccccc2)[C@@H](OCc2ccccc2)[C@H]1C(=O)O. The minimum absolute atomic E-state index is 0.0224.